The van der Waals surface area contributed by atoms with E-state index >= 15 is 0 Å². The summed E-state index contributed by atoms with van der Waals surface area (Å²) in [6.07, 6.45) is 1.70. The van der Waals surface area contributed by atoms with Crippen LogP contribution in [-0.4, -0.2) is 17.7 Å². The zero-order valence-corrected chi connectivity index (χ0v) is 15.2. The first-order valence-electron chi connectivity index (χ1n) is 9.07. The molecule has 3 nitrogen and oxygen atoms in total. The van der Waals surface area contributed by atoms with Gasteiger partial charge >= 0.3 is 0 Å². The van der Waals surface area contributed by atoms with Gasteiger partial charge in [0.05, 0.1) is 6.21 Å². The summed E-state index contributed by atoms with van der Waals surface area (Å²) in [6.45, 7) is 0. The van der Waals surface area contributed by atoms with Gasteiger partial charge in [0.25, 0.3) is 0 Å². The summed E-state index contributed by atoms with van der Waals surface area (Å²) in [4.78, 5) is 13.0. The number of hydrogen-bond acceptors (Lipinski definition) is 3. The molecule has 0 aliphatic carbocycles. The molecule has 4 rings (SSSR count). The highest BCUT2D eigenvalue weighted by molar-refractivity contribution is 6.51. The number of benzene rings is 4. The van der Waals surface area contributed by atoms with Crippen molar-refractivity contribution in [2.45, 2.75) is 0 Å². The van der Waals surface area contributed by atoms with Crippen molar-refractivity contribution in [2.75, 3.05) is 0 Å². The minimum Gasteiger partial charge on any atom is -0.287 e. The molecule has 0 aromatic heterocycles. The van der Waals surface area contributed by atoms with Crippen molar-refractivity contribution in [3.8, 4) is 0 Å². The smallest absolute Gasteiger partial charge is 0.213 e. The SMILES string of the molecule is O=C(/C(=N/N=C/c1cccc2ccccc12)c1ccccc1)c1ccccc1. The van der Waals surface area contributed by atoms with Crippen molar-refractivity contribution in [2.24, 2.45) is 10.2 Å². The zero-order valence-electron chi connectivity index (χ0n) is 15.2. The van der Waals surface area contributed by atoms with Crippen LogP contribution in [0.2, 0.25) is 0 Å². The highest BCUT2D eigenvalue weighted by atomic mass is 16.1. The summed E-state index contributed by atoms with van der Waals surface area (Å²) < 4.78 is 0. The fourth-order valence-corrected chi connectivity index (χ4v) is 3.07. The Morgan fingerprint density at radius 2 is 1.25 bits per heavy atom. The molecule has 4 aromatic rings. The van der Waals surface area contributed by atoms with Crippen molar-refractivity contribution in [1.29, 1.82) is 0 Å². The van der Waals surface area contributed by atoms with Gasteiger partial charge in [0.2, 0.25) is 5.78 Å². The number of nitrogens with zero attached hydrogens (tertiary/aromatic N) is 2. The summed E-state index contributed by atoms with van der Waals surface area (Å²) in [5.41, 5.74) is 2.61. The van der Waals surface area contributed by atoms with E-state index in [1.165, 1.54) is 0 Å². The number of rotatable bonds is 5. The van der Waals surface area contributed by atoms with Crippen LogP contribution in [0.3, 0.4) is 0 Å². The van der Waals surface area contributed by atoms with E-state index in [0.717, 1.165) is 21.9 Å². The third kappa shape index (κ3) is 3.79. The first-order valence-corrected chi connectivity index (χ1v) is 9.07. The highest BCUT2D eigenvalue weighted by Crippen LogP contribution is 2.17. The lowest BCUT2D eigenvalue weighted by Crippen LogP contribution is -2.15. The predicted molar refractivity (Wildman–Crippen MR) is 115 cm³/mol. The standard InChI is InChI=1S/C25H18N2O/c28-25(21-13-5-2-6-14-21)24(20-11-3-1-4-12-20)27-26-18-22-16-9-15-19-10-7-8-17-23(19)22/h1-18H/b26-18+,27-24+. The van der Waals surface area contributed by atoms with Gasteiger partial charge < -0.3 is 0 Å². The largest absolute Gasteiger partial charge is 0.287 e. The van der Waals surface area contributed by atoms with E-state index < -0.39 is 0 Å². The average Bonchev–Trinajstić information content (AvgIpc) is 2.77. The predicted octanol–water partition coefficient (Wildman–Crippen LogP) is 5.55. The minimum atomic E-state index is -0.151. The first-order chi connectivity index (χ1) is 13.8. The average molecular weight is 362 g/mol. The number of hydrogen-bond donors (Lipinski definition) is 0. The molecule has 0 spiro atoms. The molecule has 0 N–H and O–H groups in total. The van der Waals surface area contributed by atoms with E-state index in [1.54, 1.807) is 18.3 Å². The molecular weight excluding hydrogens is 344 g/mol. The maximum atomic E-state index is 13.0. The number of fused-ring (bicyclic) bond motifs is 1. The Morgan fingerprint density at radius 1 is 0.643 bits per heavy atom. The maximum absolute atomic E-state index is 13.0. The quantitative estimate of drug-likeness (QED) is 0.261. The molecule has 0 saturated heterocycles. The van der Waals surface area contributed by atoms with E-state index in [9.17, 15) is 4.79 Å². The Labute approximate surface area is 163 Å². The topological polar surface area (TPSA) is 41.8 Å². The monoisotopic (exact) mass is 362 g/mol. The summed E-state index contributed by atoms with van der Waals surface area (Å²) in [5.74, 6) is -0.151. The molecule has 4 aromatic carbocycles. The van der Waals surface area contributed by atoms with E-state index in [1.807, 2.05) is 78.9 Å². The fourth-order valence-electron chi connectivity index (χ4n) is 3.07. The Bertz CT molecular complexity index is 1160. The van der Waals surface area contributed by atoms with E-state index in [0.29, 0.717) is 11.3 Å². The summed E-state index contributed by atoms with van der Waals surface area (Å²) >= 11 is 0. The molecular formula is C25H18N2O. The highest BCUT2D eigenvalue weighted by Gasteiger charge is 2.16. The van der Waals surface area contributed by atoms with Crippen LogP contribution in [0.25, 0.3) is 10.8 Å². The van der Waals surface area contributed by atoms with Crippen LogP contribution in [0.5, 0.6) is 0 Å². The molecule has 134 valence electrons. The van der Waals surface area contributed by atoms with Crippen LogP contribution in [0.1, 0.15) is 21.5 Å². The van der Waals surface area contributed by atoms with Crippen molar-refractivity contribution >= 4 is 28.5 Å². The van der Waals surface area contributed by atoms with Crippen molar-refractivity contribution in [3.05, 3.63) is 120 Å². The second-order valence-corrected chi connectivity index (χ2v) is 6.32. The second kappa shape index (κ2) is 8.23. The summed E-state index contributed by atoms with van der Waals surface area (Å²) in [6, 6.07) is 32.7. The van der Waals surface area contributed by atoms with Gasteiger partial charge in [-0.25, -0.2) is 0 Å². The third-order valence-corrected chi connectivity index (χ3v) is 4.48. The van der Waals surface area contributed by atoms with Gasteiger partial charge in [-0.05, 0) is 10.8 Å². The molecule has 0 fully saturated rings. The molecule has 0 bridgehead atoms. The lowest BCUT2D eigenvalue weighted by atomic mass is 10.0. The zero-order chi connectivity index (χ0) is 19.2. The van der Waals surface area contributed by atoms with Crippen molar-refractivity contribution in [1.82, 2.24) is 0 Å². The van der Waals surface area contributed by atoms with Gasteiger partial charge in [0.1, 0.15) is 5.71 Å². The number of carbonyl (C=O) groups excluding carboxylic acids is 1. The third-order valence-electron chi connectivity index (χ3n) is 4.48. The Balaban J connectivity index is 1.73. The number of Topliss-reactive ketones (excluding diaryl/α,β-unsaturated/α-hetero) is 1. The molecule has 0 unspecified atom stereocenters. The molecule has 0 aliphatic rings. The summed E-state index contributed by atoms with van der Waals surface area (Å²) in [5, 5.41) is 10.8. The second-order valence-electron chi connectivity index (χ2n) is 6.32. The van der Waals surface area contributed by atoms with E-state index in [-0.39, 0.29) is 5.78 Å². The molecule has 0 amide bonds. The Morgan fingerprint density at radius 3 is 2.00 bits per heavy atom. The van der Waals surface area contributed by atoms with Crippen molar-refractivity contribution in [3.63, 3.8) is 0 Å². The van der Waals surface area contributed by atoms with Gasteiger partial charge in [-0.2, -0.15) is 5.10 Å². The van der Waals surface area contributed by atoms with E-state index in [2.05, 4.69) is 22.3 Å². The molecule has 0 saturated carbocycles. The Hall–Kier alpha value is -3.85. The van der Waals surface area contributed by atoms with Crippen LogP contribution >= 0.6 is 0 Å². The van der Waals surface area contributed by atoms with Gasteiger partial charge in [-0.1, -0.05) is 103 Å². The van der Waals surface area contributed by atoms with Crippen LogP contribution in [0.15, 0.2) is 113 Å². The van der Waals surface area contributed by atoms with Gasteiger partial charge in [0, 0.05) is 16.7 Å². The van der Waals surface area contributed by atoms with Gasteiger partial charge in [-0.15, -0.1) is 5.10 Å². The lowest BCUT2D eigenvalue weighted by molar-refractivity contribution is 0.106. The number of ketones is 1. The molecule has 28 heavy (non-hydrogen) atoms. The fraction of sp³-hybridized carbons (Fsp3) is 0. The molecule has 3 heteroatoms. The summed E-state index contributed by atoms with van der Waals surface area (Å²) in [7, 11) is 0. The first kappa shape index (κ1) is 17.6. The maximum Gasteiger partial charge on any atom is 0.213 e. The van der Waals surface area contributed by atoms with Crippen LogP contribution in [0, 0.1) is 0 Å². The van der Waals surface area contributed by atoms with Crippen molar-refractivity contribution < 1.29 is 4.79 Å². The molecule has 0 atom stereocenters. The minimum absolute atomic E-state index is 0.151. The van der Waals surface area contributed by atoms with Crippen LogP contribution < -0.4 is 0 Å². The van der Waals surface area contributed by atoms with Gasteiger partial charge in [-0.3, -0.25) is 4.79 Å². The van der Waals surface area contributed by atoms with Crippen LogP contribution in [0.4, 0.5) is 0 Å². The lowest BCUT2D eigenvalue weighted by Gasteiger charge is -2.05. The molecule has 0 radical (unpaired) electrons. The van der Waals surface area contributed by atoms with Gasteiger partial charge in [0.15, 0.2) is 0 Å². The molecule has 0 aliphatic heterocycles. The Kier molecular flexibility index (Phi) is 5.16. The van der Waals surface area contributed by atoms with Crippen LogP contribution in [-0.2, 0) is 0 Å². The van der Waals surface area contributed by atoms with E-state index in [4.69, 9.17) is 0 Å². The molecule has 0 heterocycles. The normalized spacial score (nSPS) is 11.8. The number of carbonyl (C=O) groups is 1.